The Hall–Kier alpha value is 0.497. The molecule has 0 spiro atoms. The molecule has 0 saturated heterocycles. The van der Waals surface area contributed by atoms with Crippen LogP contribution in [0, 0.1) is 0 Å². The molecule has 4 heteroatoms. The highest BCUT2D eigenvalue weighted by Crippen LogP contribution is 2.26. The molecule has 0 fully saturated rings. The summed E-state index contributed by atoms with van der Waals surface area (Å²) in [5, 5.41) is -2.14. The van der Waals surface area contributed by atoms with Crippen LogP contribution in [0.4, 0.5) is 0 Å². The first-order valence-electron chi connectivity index (χ1n) is 3.18. The maximum Gasteiger partial charge on any atom is 0.321 e. The van der Waals surface area contributed by atoms with Crippen LogP contribution in [0.3, 0.4) is 0 Å². The SMILES string of the molecule is Cl[Si](Cl)(Br)Cc1ccccc1. The van der Waals surface area contributed by atoms with Gasteiger partial charge in [-0.05, 0) is 5.56 Å². The average molecular weight is 270 g/mol. The van der Waals surface area contributed by atoms with Gasteiger partial charge in [-0.1, -0.05) is 45.6 Å². The molecule has 1 aromatic carbocycles. The van der Waals surface area contributed by atoms with E-state index in [9.17, 15) is 0 Å². The molecular weight excluding hydrogens is 263 g/mol. The smallest absolute Gasteiger partial charge is 0.131 e. The third kappa shape index (κ3) is 4.16. The Morgan fingerprint density at radius 2 is 1.73 bits per heavy atom. The normalized spacial score (nSPS) is 11.5. The van der Waals surface area contributed by atoms with Crippen molar-refractivity contribution >= 4 is 42.8 Å². The fourth-order valence-corrected chi connectivity index (χ4v) is 3.42. The van der Waals surface area contributed by atoms with E-state index in [1.165, 1.54) is 5.56 Å². The van der Waals surface area contributed by atoms with E-state index >= 15 is 0 Å². The fraction of sp³-hybridized carbons (Fsp3) is 0.143. The molecule has 0 nitrogen and oxygen atoms in total. The van der Waals surface area contributed by atoms with Gasteiger partial charge >= 0.3 is 5.31 Å². The number of halogens is 3. The predicted molar refractivity (Wildman–Crippen MR) is 56.5 cm³/mol. The summed E-state index contributed by atoms with van der Waals surface area (Å²) in [6.07, 6.45) is 0. The van der Waals surface area contributed by atoms with Gasteiger partial charge in [0.15, 0.2) is 0 Å². The average Bonchev–Trinajstić information content (AvgIpc) is 1.85. The minimum absolute atomic E-state index is 0.747. The summed E-state index contributed by atoms with van der Waals surface area (Å²) in [5.41, 5.74) is 1.18. The van der Waals surface area contributed by atoms with Crippen molar-refractivity contribution in [2.24, 2.45) is 0 Å². The third-order valence-corrected chi connectivity index (χ3v) is 3.70. The monoisotopic (exact) mass is 268 g/mol. The van der Waals surface area contributed by atoms with Crippen molar-refractivity contribution in [3.05, 3.63) is 35.9 Å². The van der Waals surface area contributed by atoms with Gasteiger partial charge in [0.25, 0.3) is 0 Å². The van der Waals surface area contributed by atoms with Crippen LogP contribution in [-0.4, -0.2) is 5.31 Å². The second kappa shape index (κ2) is 3.94. The van der Waals surface area contributed by atoms with Crippen molar-refractivity contribution in [3.63, 3.8) is 0 Å². The number of hydrogen-bond acceptors (Lipinski definition) is 0. The van der Waals surface area contributed by atoms with Crippen LogP contribution in [-0.2, 0) is 6.04 Å². The number of rotatable bonds is 2. The molecule has 0 unspecified atom stereocenters. The van der Waals surface area contributed by atoms with Gasteiger partial charge in [0.1, 0.15) is 0 Å². The van der Waals surface area contributed by atoms with Gasteiger partial charge in [-0.25, -0.2) is 0 Å². The van der Waals surface area contributed by atoms with Gasteiger partial charge in [-0.15, -0.1) is 22.2 Å². The van der Waals surface area contributed by atoms with Crippen molar-refractivity contribution in [2.45, 2.75) is 6.04 Å². The van der Waals surface area contributed by atoms with Crippen LogP contribution in [0.1, 0.15) is 5.56 Å². The second-order valence-corrected chi connectivity index (χ2v) is 15.1. The Bertz CT molecular complexity index is 220. The first-order chi connectivity index (χ1) is 5.08. The molecular formula is C7H7BrCl2Si. The predicted octanol–water partition coefficient (Wildman–Crippen LogP) is 3.58. The Morgan fingerprint density at radius 1 is 1.18 bits per heavy atom. The highest BCUT2D eigenvalue weighted by molar-refractivity contribution is 9.29. The maximum absolute atomic E-state index is 5.89. The largest absolute Gasteiger partial charge is 0.321 e. The summed E-state index contributed by atoms with van der Waals surface area (Å²) in [7, 11) is 0. The van der Waals surface area contributed by atoms with Crippen molar-refractivity contribution < 1.29 is 0 Å². The minimum atomic E-state index is -2.14. The summed E-state index contributed by atoms with van der Waals surface area (Å²) in [4.78, 5) is 0. The summed E-state index contributed by atoms with van der Waals surface area (Å²) < 4.78 is 0. The van der Waals surface area contributed by atoms with Crippen molar-refractivity contribution in [1.29, 1.82) is 0 Å². The summed E-state index contributed by atoms with van der Waals surface area (Å²) in [6.45, 7) is 0. The van der Waals surface area contributed by atoms with Gasteiger partial charge in [0.2, 0.25) is 0 Å². The molecule has 0 bridgehead atoms. The molecule has 0 aliphatic carbocycles. The fourth-order valence-electron chi connectivity index (χ4n) is 0.827. The van der Waals surface area contributed by atoms with Crippen LogP contribution in [0.15, 0.2) is 30.3 Å². The molecule has 0 radical (unpaired) electrons. The van der Waals surface area contributed by atoms with Gasteiger partial charge in [-0.3, -0.25) is 0 Å². The molecule has 0 amide bonds. The van der Waals surface area contributed by atoms with E-state index in [0.29, 0.717) is 0 Å². The highest BCUT2D eigenvalue weighted by atomic mass is 79.9. The van der Waals surface area contributed by atoms with E-state index in [0.717, 1.165) is 6.04 Å². The summed E-state index contributed by atoms with van der Waals surface area (Å²) in [5.74, 6) is 0. The van der Waals surface area contributed by atoms with Crippen molar-refractivity contribution in [3.8, 4) is 0 Å². The zero-order chi connectivity index (χ0) is 8.32. The Balaban J connectivity index is 2.66. The quantitative estimate of drug-likeness (QED) is 0.569. The van der Waals surface area contributed by atoms with E-state index in [-0.39, 0.29) is 0 Å². The lowest BCUT2D eigenvalue weighted by Crippen LogP contribution is -2.12. The third-order valence-electron chi connectivity index (χ3n) is 1.25. The van der Waals surface area contributed by atoms with Crippen LogP contribution in [0.2, 0.25) is 0 Å². The molecule has 0 aliphatic heterocycles. The van der Waals surface area contributed by atoms with Crippen molar-refractivity contribution in [2.75, 3.05) is 0 Å². The van der Waals surface area contributed by atoms with Gasteiger partial charge < -0.3 is 0 Å². The Labute approximate surface area is 84.5 Å². The molecule has 1 rings (SSSR count). The first-order valence-corrected chi connectivity index (χ1v) is 9.67. The van der Waals surface area contributed by atoms with E-state index in [2.05, 4.69) is 15.3 Å². The molecule has 11 heavy (non-hydrogen) atoms. The zero-order valence-electron chi connectivity index (χ0n) is 5.73. The van der Waals surface area contributed by atoms with Gasteiger partial charge in [-0.2, -0.15) is 0 Å². The molecule has 0 aromatic heterocycles. The maximum atomic E-state index is 5.89. The molecule has 0 N–H and O–H groups in total. The lowest BCUT2D eigenvalue weighted by Gasteiger charge is -2.06. The van der Waals surface area contributed by atoms with Crippen LogP contribution >= 0.6 is 37.5 Å². The molecule has 1 aromatic rings. The van der Waals surface area contributed by atoms with Crippen LogP contribution < -0.4 is 0 Å². The zero-order valence-corrected chi connectivity index (χ0v) is 9.83. The number of benzene rings is 1. The van der Waals surface area contributed by atoms with Gasteiger partial charge in [0, 0.05) is 6.04 Å². The highest BCUT2D eigenvalue weighted by Gasteiger charge is 2.23. The Morgan fingerprint density at radius 3 is 2.18 bits per heavy atom. The standard InChI is InChI=1S/C7H7BrCl2Si/c8-11(9,10)6-7-4-2-1-3-5-7/h1-5H,6H2. The molecule has 60 valence electrons. The van der Waals surface area contributed by atoms with Crippen LogP contribution in [0.25, 0.3) is 0 Å². The van der Waals surface area contributed by atoms with E-state index in [1.807, 2.05) is 30.3 Å². The van der Waals surface area contributed by atoms with E-state index in [1.54, 1.807) is 0 Å². The molecule has 0 aliphatic rings. The lowest BCUT2D eigenvalue weighted by atomic mass is 10.2. The summed E-state index contributed by atoms with van der Waals surface area (Å²) >= 11 is 15.1. The molecule has 0 saturated carbocycles. The summed E-state index contributed by atoms with van der Waals surface area (Å²) in [6, 6.07) is 10.7. The van der Waals surface area contributed by atoms with Crippen molar-refractivity contribution in [1.82, 2.24) is 0 Å². The Kier molecular flexibility index (Phi) is 3.43. The van der Waals surface area contributed by atoms with E-state index < -0.39 is 5.31 Å². The number of hydrogen-bond donors (Lipinski definition) is 0. The molecule has 0 atom stereocenters. The minimum Gasteiger partial charge on any atom is -0.131 e. The first kappa shape index (κ1) is 9.58. The second-order valence-electron chi connectivity index (χ2n) is 2.28. The molecule has 0 heterocycles. The van der Waals surface area contributed by atoms with E-state index in [4.69, 9.17) is 22.2 Å². The topological polar surface area (TPSA) is 0 Å². The van der Waals surface area contributed by atoms with Crippen LogP contribution in [0.5, 0.6) is 0 Å². The lowest BCUT2D eigenvalue weighted by molar-refractivity contribution is 1.39. The van der Waals surface area contributed by atoms with Gasteiger partial charge in [0.05, 0.1) is 0 Å².